The van der Waals surface area contributed by atoms with E-state index in [1.807, 2.05) is 0 Å². The van der Waals surface area contributed by atoms with Gasteiger partial charge in [-0.15, -0.1) is 0 Å². The third-order valence-corrected chi connectivity index (χ3v) is 5.32. The molecule has 0 amide bonds. The quantitative estimate of drug-likeness (QED) is 0.559. The highest BCUT2D eigenvalue weighted by Crippen LogP contribution is 2.10. The average Bonchev–Trinajstić information content (AvgIpc) is 2.05. The van der Waals surface area contributed by atoms with E-state index in [0.29, 0.717) is 0 Å². The van der Waals surface area contributed by atoms with Crippen LogP contribution >= 0.6 is 0 Å². The van der Waals surface area contributed by atoms with E-state index in [1.165, 1.54) is 0 Å². The van der Waals surface area contributed by atoms with E-state index in [9.17, 15) is 16.8 Å². The normalized spacial score (nSPS) is 13.5. The van der Waals surface area contributed by atoms with Crippen LogP contribution in [0.15, 0.2) is 0 Å². The van der Waals surface area contributed by atoms with Gasteiger partial charge in [0.25, 0.3) is 20.2 Å². The first-order chi connectivity index (χ1) is 5.81. The second-order valence-electron chi connectivity index (χ2n) is 1.98. The van der Waals surface area contributed by atoms with E-state index in [4.69, 9.17) is 5.73 Å². The molecular weight excluding hydrogens is 222 g/mol. The van der Waals surface area contributed by atoms with Gasteiger partial charge in [0.05, 0.1) is 14.2 Å². The van der Waals surface area contributed by atoms with E-state index in [0.717, 1.165) is 14.2 Å². The summed E-state index contributed by atoms with van der Waals surface area (Å²) in [5.74, 6) is 0. The van der Waals surface area contributed by atoms with Crippen molar-refractivity contribution in [1.82, 2.24) is 0 Å². The Hall–Kier alpha value is -0.220. The van der Waals surface area contributed by atoms with Crippen molar-refractivity contribution in [3.05, 3.63) is 0 Å². The molecule has 80 valence electrons. The van der Waals surface area contributed by atoms with Crippen molar-refractivity contribution in [3.63, 3.8) is 0 Å². The van der Waals surface area contributed by atoms with Crippen LogP contribution in [0, 0.1) is 0 Å². The van der Waals surface area contributed by atoms with E-state index in [-0.39, 0.29) is 0 Å². The zero-order valence-corrected chi connectivity index (χ0v) is 8.76. The van der Waals surface area contributed by atoms with Crippen LogP contribution in [0.3, 0.4) is 0 Å². The van der Waals surface area contributed by atoms with Crippen molar-refractivity contribution in [1.29, 1.82) is 0 Å². The van der Waals surface area contributed by atoms with Gasteiger partial charge in [0.2, 0.25) is 4.58 Å². The highest BCUT2D eigenvalue weighted by molar-refractivity contribution is 8.04. The second-order valence-corrected chi connectivity index (χ2v) is 6.06. The molecule has 0 saturated carbocycles. The lowest BCUT2D eigenvalue weighted by Crippen LogP contribution is -2.38. The van der Waals surface area contributed by atoms with Crippen LogP contribution in [0.25, 0.3) is 0 Å². The molecule has 0 spiro atoms. The van der Waals surface area contributed by atoms with E-state index >= 15 is 0 Å². The summed E-state index contributed by atoms with van der Waals surface area (Å²) in [6.45, 7) is -0.619. The Labute approximate surface area is 77.1 Å². The summed E-state index contributed by atoms with van der Waals surface area (Å²) < 4.78 is 50.0. The van der Waals surface area contributed by atoms with Crippen LogP contribution in [0.1, 0.15) is 0 Å². The van der Waals surface area contributed by atoms with Gasteiger partial charge in [0.1, 0.15) is 0 Å². The van der Waals surface area contributed by atoms with Crippen molar-refractivity contribution in [3.8, 4) is 0 Å². The molecule has 0 aromatic rings. The van der Waals surface area contributed by atoms with Crippen molar-refractivity contribution in [2.45, 2.75) is 4.58 Å². The van der Waals surface area contributed by atoms with Gasteiger partial charge < -0.3 is 5.73 Å². The van der Waals surface area contributed by atoms with Crippen molar-refractivity contribution in [2.75, 3.05) is 20.8 Å². The third-order valence-electron chi connectivity index (χ3n) is 1.30. The fourth-order valence-corrected chi connectivity index (χ4v) is 3.12. The maximum absolute atomic E-state index is 11.0. The SMILES string of the molecule is COS(=O)(=O)C(CN)S(=O)(=O)OC. The van der Waals surface area contributed by atoms with Crippen LogP contribution in [0.5, 0.6) is 0 Å². The molecule has 0 aromatic heterocycles. The molecule has 0 bridgehead atoms. The Kier molecular flexibility index (Phi) is 4.26. The molecule has 0 unspecified atom stereocenters. The molecule has 9 heteroatoms. The van der Waals surface area contributed by atoms with Crippen LogP contribution < -0.4 is 5.73 Å². The molecule has 0 aliphatic rings. The average molecular weight is 233 g/mol. The number of hydrogen-bond donors (Lipinski definition) is 1. The molecule has 0 aliphatic heterocycles. The van der Waals surface area contributed by atoms with Gasteiger partial charge in [-0.2, -0.15) is 16.8 Å². The van der Waals surface area contributed by atoms with Crippen molar-refractivity contribution < 1.29 is 25.2 Å². The van der Waals surface area contributed by atoms with Crippen LogP contribution in [-0.4, -0.2) is 42.2 Å². The van der Waals surface area contributed by atoms with E-state index in [1.54, 1.807) is 0 Å². The number of rotatable bonds is 5. The summed E-state index contributed by atoms with van der Waals surface area (Å²) in [6.07, 6.45) is 0. The van der Waals surface area contributed by atoms with Gasteiger partial charge in [-0.25, -0.2) is 0 Å². The highest BCUT2D eigenvalue weighted by Gasteiger charge is 2.37. The van der Waals surface area contributed by atoms with E-state index < -0.39 is 31.4 Å². The number of hydrogen-bond acceptors (Lipinski definition) is 7. The Balaban J connectivity index is 5.18. The lowest BCUT2D eigenvalue weighted by Gasteiger charge is -2.12. The Morgan fingerprint density at radius 2 is 1.38 bits per heavy atom. The molecule has 0 heterocycles. The molecule has 0 fully saturated rings. The standard InChI is InChI=1S/C4H11NO6S2/c1-10-12(6,7)4(3-5)13(8,9)11-2/h4H,3,5H2,1-2H3. The summed E-state index contributed by atoms with van der Waals surface area (Å²) >= 11 is 0. The largest absolute Gasteiger partial charge is 0.328 e. The maximum atomic E-state index is 11.0. The fourth-order valence-electron chi connectivity index (χ4n) is 0.595. The van der Waals surface area contributed by atoms with Gasteiger partial charge in [0, 0.05) is 6.54 Å². The minimum Gasteiger partial charge on any atom is -0.328 e. The predicted molar refractivity (Wildman–Crippen MR) is 44.7 cm³/mol. The molecule has 0 rings (SSSR count). The summed E-state index contributed by atoms with van der Waals surface area (Å²) in [5.41, 5.74) is 4.98. The summed E-state index contributed by atoms with van der Waals surface area (Å²) in [6, 6.07) is 0. The molecule has 7 nitrogen and oxygen atoms in total. The van der Waals surface area contributed by atoms with Gasteiger partial charge in [0.15, 0.2) is 0 Å². The zero-order chi connectivity index (χ0) is 10.7. The highest BCUT2D eigenvalue weighted by atomic mass is 32.3. The van der Waals surface area contributed by atoms with Crippen LogP contribution in [0.2, 0.25) is 0 Å². The third kappa shape index (κ3) is 2.88. The predicted octanol–water partition coefficient (Wildman–Crippen LogP) is -1.78. The minimum absolute atomic E-state index is 0.619. The molecule has 13 heavy (non-hydrogen) atoms. The lowest BCUT2D eigenvalue weighted by molar-refractivity contribution is 0.375. The molecule has 0 atom stereocenters. The smallest absolute Gasteiger partial charge is 0.288 e. The van der Waals surface area contributed by atoms with Gasteiger partial charge in [-0.05, 0) is 0 Å². The molecule has 0 aliphatic carbocycles. The van der Waals surface area contributed by atoms with Gasteiger partial charge in [-0.3, -0.25) is 8.37 Å². The molecule has 0 saturated heterocycles. The monoisotopic (exact) mass is 233 g/mol. The Morgan fingerprint density at radius 3 is 1.54 bits per heavy atom. The van der Waals surface area contributed by atoms with Gasteiger partial charge >= 0.3 is 0 Å². The topological polar surface area (TPSA) is 113 Å². The minimum atomic E-state index is -4.22. The second kappa shape index (κ2) is 4.33. The summed E-state index contributed by atoms with van der Waals surface area (Å²) in [4.78, 5) is 0. The Bertz CT molecular complexity index is 309. The summed E-state index contributed by atoms with van der Waals surface area (Å²) in [7, 11) is -6.74. The van der Waals surface area contributed by atoms with Crippen molar-refractivity contribution >= 4 is 20.2 Å². The molecule has 0 aromatic carbocycles. The lowest BCUT2D eigenvalue weighted by atomic mass is 10.8. The fraction of sp³-hybridized carbons (Fsp3) is 1.00. The molecular formula is C4H11NO6S2. The van der Waals surface area contributed by atoms with Crippen LogP contribution in [0.4, 0.5) is 0 Å². The zero-order valence-electron chi connectivity index (χ0n) is 7.13. The number of nitrogens with two attached hydrogens (primary N) is 1. The maximum Gasteiger partial charge on any atom is 0.288 e. The molecule has 2 N–H and O–H groups in total. The first-order valence-electron chi connectivity index (χ1n) is 3.10. The Morgan fingerprint density at radius 1 is 1.08 bits per heavy atom. The van der Waals surface area contributed by atoms with Gasteiger partial charge in [-0.1, -0.05) is 0 Å². The first-order valence-corrected chi connectivity index (χ1v) is 6.05. The molecule has 0 radical (unpaired) electrons. The van der Waals surface area contributed by atoms with Crippen LogP contribution in [-0.2, 0) is 28.6 Å². The summed E-state index contributed by atoms with van der Waals surface area (Å²) in [5, 5.41) is 0. The first kappa shape index (κ1) is 12.8. The van der Waals surface area contributed by atoms with Crippen molar-refractivity contribution in [2.24, 2.45) is 5.73 Å². The van der Waals surface area contributed by atoms with E-state index in [2.05, 4.69) is 8.37 Å².